The van der Waals surface area contributed by atoms with Crippen LogP contribution in [0.25, 0.3) is 0 Å². The van der Waals surface area contributed by atoms with Gasteiger partial charge in [-0.25, -0.2) is 13.1 Å². The van der Waals surface area contributed by atoms with E-state index in [9.17, 15) is 13.2 Å². The van der Waals surface area contributed by atoms with Crippen LogP contribution < -0.4 is 10.0 Å². The van der Waals surface area contributed by atoms with Crippen LogP contribution >= 0.6 is 0 Å². The van der Waals surface area contributed by atoms with Gasteiger partial charge in [-0.3, -0.25) is 4.79 Å². The predicted octanol–water partition coefficient (Wildman–Crippen LogP) is 0.975. The van der Waals surface area contributed by atoms with Gasteiger partial charge in [0, 0.05) is 31.2 Å². The summed E-state index contributed by atoms with van der Waals surface area (Å²) in [5.74, 6) is -0.0621. The third-order valence-electron chi connectivity index (χ3n) is 3.95. The minimum absolute atomic E-state index is 0.0621. The molecule has 1 aromatic rings. The number of hydrogen-bond acceptors (Lipinski definition) is 4. The Bertz CT molecular complexity index is 656. The molecule has 0 saturated carbocycles. The largest absolute Gasteiger partial charge is 0.337 e. The van der Waals surface area contributed by atoms with Gasteiger partial charge in [0.2, 0.25) is 10.0 Å². The number of benzene rings is 1. The molecule has 2 N–H and O–H groups in total. The molecule has 126 valence electrons. The van der Waals surface area contributed by atoms with Crippen LogP contribution in [0, 0.1) is 0 Å². The summed E-state index contributed by atoms with van der Waals surface area (Å²) in [4.78, 5) is 14.5. The van der Waals surface area contributed by atoms with Crippen molar-refractivity contribution in [2.75, 3.05) is 26.7 Å². The Morgan fingerprint density at radius 1 is 1.39 bits per heavy atom. The maximum absolute atomic E-state index is 12.5. The summed E-state index contributed by atoms with van der Waals surface area (Å²) in [6.45, 7) is 5.06. The molecular formula is C16H23N3O3S. The molecule has 1 saturated heterocycles. The van der Waals surface area contributed by atoms with Crippen molar-refractivity contribution < 1.29 is 13.2 Å². The number of amides is 1. The molecule has 1 unspecified atom stereocenters. The van der Waals surface area contributed by atoms with Gasteiger partial charge in [0.1, 0.15) is 0 Å². The van der Waals surface area contributed by atoms with Crippen molar-refractivity contribution in [3.63, 3.8) is 0 Å². The number of nitrogens with zero attached hydrogens (tertiary/aromatic N) is 1. The highest BCUT2D eigenvalue weighted by Crippen LogP contribution is 2.16. The number of carbonyl (C=O) groups excluding carboxylic acids is 1. The zero-order valence-electron chi connectivity index (χ0n) is 13.3. The minimum Gasteiger partial charge on any atom is -0.337 e. The number of nitrogens with one attached hydrogen (secondary N) is 2. The summed E-state index contributed by atoms with van der Waals surface area (Å²) in [6, 6.07) is 6.35. The summed E-state index contributed by atoms with van der Waals surface area (Å²) in [5, 5.41) is 3.20. The average molecular weight is 337 g/mol. The molecule has 23 heavy (non-hydrogen) atoms. The fraction of sp³-hybridized carbons (Fsp3) is 0.438. The van der Waals surface area contributed by atoms with Crippen molar-refractivity contribution in [2.24, 2.45) is 0 Å². The van der Waals surface area contributed by atoms with Gasteiger partial charge >= 0.3 is 0 Å². The number of sulfonamides is 1. The maximum Gasteiger partial charge on any atom is 0.253 e. The molecule has 6 nitrogen and oxygen atoms in total. The zero-order valence-corrected chi connectivity index (χ0v) is 14.1. The van der Waals surface area contributed by atoms with Gasteiger partial charge in [-0.15, -0.1) is 6.58 Å². The van der Waals surface area contributed by atoms with Crippen molar-refractivity contribution in [2.45, 2.75) is 23.8 Å². The summed E-state index contributed by atoms with van der Waals surface area (Å²) in [6.07, 6.45) is 3.51. The van der Waals surface area contributed by atoms with Gasteiger partial charge in [0.05, 0.1) is 4.90 Å². The van der Waals surface area contributed by atoms with Gasteiger partial charge in [0.15, 0.2) is 0 Å². The molecule has 1 aromatic carbocycles. The third kappa shape index (κ3) is 4.40. The molecule has 0 bridgehead atoms. The molecule has 1 heterocycles. The van der Waals surface area contributed by atoms with E-state index in [0.29, 0.717) is 18.2 Å². The van der Waals surface area contributed by atoms with E-state index in [1.807, 2.05) is 11.9 Å². The van der Waals surface area contributed by atoms with E-state index in [1.54, 1.807) is 12.1 Å². The summed E-state index contributed by atoms with van der Waals surface area (Å²) < 4.78 is 26.4. The Labute approximate surface area is 137 Å². The van der Waals surface area contributed by atoms with Crippen molar-refractivity contribution in [3.8, 4) is 0 Å². The number of rotatable bonds is 6. The highest BCUT2D eigenvalue weighted by Gasteiger charge is 2.23. The van der Waals surface area contributed by atoms with E-state index in [0.717, 1.165) is 19.4 Å². The van der Waals surface area contributed by atoms with Crippen molar-refractivity contribution in [1.82, 2.24) is 14.9 Å². The molecular weight excluding hydrogens is 314 g/mol. The average Bonchev–Trinajstić information content (AvgIpc) is 2.59. The second-order valence-electron chi connectivity index (χ2n) is 5.54. The van der Waals surface area contributed by atoms with Gasteiger partial charge < -0.3 is 10.2 Å². The maximum atomic E-state index is 12.5. The van der Waals surface area contributed by atoms with Crippen LogP contribution in [0.15, 0.2) is 41.8 Å². The number of likely N-dealkylation sites (N-methyl/N-ethyl adjacent to an activating group) is 1. The number of carbonyl (C=O) groups is 1. The molecule has 0 spiro atoms. The van der Waals surface area contributed by atoms with E-state index in [1.165, 1.54) is 18.2 Å². The predicted molar refractivity (Wildman–Crippen MR) is 89.8 cm³/mol. The van der Waals surface area contributed by atoms with E-state index < -0.39 is 10.0 Å². The molecule has 0 aromatic heterocycles. The lowest BCUT2D eigenvalue weighted by atomic mass is 10.0. The van der Waals surface area contributed by atoms with Crippen molar-refractivity contribution >= 4 is 15.9 Å². The molecule has 0 radical (unpaired) electrons. The first-order chi connectivity index (χ1) is 11.0. The smallest absolute Gasteiger partial charge is 0.253 e. The summed E-state index contributed by atoms with van der Waals surface area (Å²) >= 11 is 0. The highest BCUT2D eigenvalue weighted by molar-refractivity contribution is 7.89. The molecule has 1 aliphatic rings. The lowest BCUT2D eigenvalue weighted by Gasteiger charge is -2.32. The van der Waals surface area contributed by atoms with Crippen molar-refractivity contribution in [1.29, 1.82) is 0 Å². The Morgan fingerprint density at radius 3 is 2.70 bits per heavy atom. The zero-order chi connectivity index (χ0) is 16.9. The van der Waals surface area contributed by atoms with Crippen molar-refractivity contribution in [3.05, 3.63) is 42.5 Å². The van der Waals surface area contributed by atoms with Gasteiger partial charge in [0.25, 0.3) is 5.91 Å². The van der Waals surface area contributed by atoms with Gasteiger partial charge in [-0.05, 0) is 44.2 Å². The normalized spacial score (nSPS) is 18.7. The third-order valence-corrected chi connectivity index (χ3v) is 5.39. The molecule has 1 atom stereocenters. The highest BCUT2D eigenvalue weighted by atomic mass is 32.2. The molecule has 1 amide bonds. The van der Waals surface area contributed by atoms with E-state index in [4.69, 9.17) is 0 Å². The molecule has 0 aliphatic carbocycles. The van der Waals surface area contributed by atoms with Crippen LogP contribution in [0.3, 0.4) is 0 Å². The quantitative estimate of drug-likeness (QED) is 0.759. The van der Waals surface area contributed by atoms with Crippen LogP contribution in [0.4, 0.5) is 0 Å². The lowest BCUT2D eigenvalue weighted by Crippen LogP contribution is -2.46. The lowest BCUT2D eigenvalue weighted by molar-refractivity contribution is 0.0698. The Kier molecular flexibility index (Phi) is 5.92. The summed E-state index contributed by atoms with van der Waals surface area (Å²) in [5.41, 5.74) is 0.504. The van der Waals surface area contributed by atoms with Gasteiger partial charge in [-0.2, -0.15) is 0 Å². The fourth-order valence-electron chi connectivity index (χ4n) is 2.61. The number of likely N-dealkylation sites (tertiary alicyclic amines) is 1. The number of piperidine rings is 1. The Morgan fingerprint density at radius 2 is 2.09 bits per heavy atom. The van der Waals surface area contributed by atoms with Gasteiger partial charge in [-0.1, -0.05) is 6.08 Å². The van der Waals surface area contributed by atoms with Crippen LogP contribution in [0.1, 0.15) is 23.2 Å². The first-order valence-electron chi connectivity index (χ1n) is 7.65. The molecule has 1 fully saturated rings. The topological polar surface area (TPSA) is 78.5 Å². The first kappa shape index (κ1) is 17.7. The minimum atomic E-state index is -3.56. The molecule has 2 rings (SSSR count). The Hall–Kier alpha value is -1.70. The standard InChI is InChI=1S/C16H23N3O3S/c1-3-10-18-23(21,22)15-8-6-13(7-9-15)16(20)19-11-4-5-14(12-19)17-2/h3,6-9,14,17-18H,1,4-5,10-12H2,2H3. The SMILES string of the molecule is C=CCNS(=O)(=O)c1ccc(C(=O)N2CCCC(NC)C2)cc1. The van der Waals surface area contributed by atoms with Crippen LogP contribution in [-0.4, -0.2) is 51.9 Å². The van der Waals surface area contributed by atoms with Crippen LogP contribution in [0.5, 0.6) is 0 Å². The van der Waals surface area contributed by atoms with E-state index in [-0.39, 0.29) is 17.3 Å². The van der Waals surface area contributed by atoms with E-state index >= 15 is 0 Å². The second-order valence-corrected chi connectivity index (χ2v) is 7.31. The Balaban J connectivity index is 2.10. The summed E-state index contributed by atoms with van der Waals surface area (Å²) in [7, 11) is -1.66. The van der Waals surface area contributed by atoms with Crippen LogP contribution in [-0.2, 0) is 10.0 Å². The molecule has 7 heteroatoms. The van der Waals surface area contributed by atoms with Crippen LogP contribution in [0.2, 0.25) is 0 Å². The second kappa shape index (κ2) is 7.72. The number of hydrogen-bond donors (Lipinski definition) is 2. The van der Waals surface area contributed by atoms with E-state index in [2.05, 4.69) is 16.6 Å². The first-order valence-corrected chi connectivity index (χ1v) is 9.13. The fourth-order valence-corrected chi connectivity index (χ4v) is 3.61. The molecule has 1 aliphatic heterocycles. The monoisotopic (exact) mass is 337 g/mol.